The van der Waals surface area contributed by atoms with Crippen molar-refractivity contribution >= 4 is 27.0 Å². The van der Waals surface area contributed by atoms with Crippen molar-refractivity contribution in [1.29, 1.82) is 0 Å². The largest absolute Gasteiger partial charge is 0.494 e. The van der Waals surface area contributed by atoms with Crippen LogP contribution in [0, 0.1) is 6.92 Å². The fourth-order valence-corrected chi connectivity index (χ4v) is 3.86. The summed E-state index contributed by atoms with van der Waals surface area (Å²) in [7, 11) is -0.0550. The number of nitrogens with one attached hydrogen (secondary N) is 1. The molecular weight excluding hydrogens is 408 g/mol. The molecule has 1 atom stereocenters. The first-order valence-electron chi connectivity index (χ1n) is 9.22. The van der Waals surface area contributed by atoms with E-state index >= 15 is 0 Å². The maximum Gasteiger partial charge on any atom is 0.304 e. The first kappa shape index (κ1) is 21.7. The highest BCUT2D eigenvalue weighted by Gasteiger charge is 2.22. The van der Waals surface area contributed by atoms with E-state index in [2.05, 4.69) is 15.0 Å². The number of benzene rings is 2. The number of ether oxygens (including phenoxy) is 1. The van der Waals surface area contributed by atoms with Gasteiger partial charge in [-0.15, -0.1) is 5.10 Å². The predicted octanol–water partition coefficient (Wildman–Crippen LogP) is 1.94. The zero-order valence-electron chi connectivity index (χ0n) is 17.2. The summed E-state index contributed by atoms with van der Waals surface area (Å²) in [4.78, 5) is 11.6. The number of methoxy groups -OCH3 is 1. The van der Waals surface area contributed by atoms with E-state index in [9.17, 15) is 18.3 Å². The summed E-state index contributed by atoms with van der Waals surface area (Å²) in [5.74, 6) is -0.869. The number of hydrogen-bond donors (Lipinski definition) is 2. The molecule has 0 aliphatic heterocycles. The van der Waals surface area contributed by atoms with Crippen LogP contribution in [0.5, 0.6) is 5.75 Å². The fraction of sp³-hybridized carbons (Fsp3) is 0.350. The van der Waals surface area contributed by atoms with E-state index < -0.39 is 21.9 Å². The van der Waals surface area contributed by atoms with Crippen molar-refractivity contribution in [3.63, 3.8) is 0 Å². The Labute approximate surface area is 174 Å². The number of fused-ring (bicyclic) bond motifs is 1. The number of rotatable bonds is 8. The molecule has 0 bridgehead atoms. The van der Waals surface area contributed by atoms with Crippen LogP contribution in [0.2, 0.25) is 0 Å². The number of hydrogen-bond acceptors (Lipinski definition) is 6. The lowest BCUT2D eigenvalue weighted by Crippen LogP contribution is -2.22. The van der Waals surface area contributed by atoms with E-state index in [0.717, 1.165) is 34.0 Å². The lowest BCUT2D eigenvalue weighted by atomic mass is 9.86. The Morgan fingerprint density at radius 2 is 2.00 bits per heavy atom. The number of carbonyl (C=O) groups is 1. The normalized spacial score (nSPS) is 12.8. The summed E-state index contributed by atoms with van der Waals surface area (Å²) in [6.07, 6.45) is 0.957. The van der Waals surface area contributed by atoms with Gasteiger partial charge in [-0.25, -0.2) is 17.8 Å². The summed E-state index contributed by atoms with van der Waals surface area (Å²) in [6, 6.07) is 9.18. The molecule has 0 spiro atoms. The molecule has 0 saturated heterocycles. The third-order valence-electron chi connectivity index (χ3n) is 4.99. The number of sulfonamides is 1. The minimum atomic E-state index is -3.35. The Morgan fingerprint density at radius 3 is 2.63 bits per heavy atom. The van der Waals surface area contributed by atoms with Crippen LogP contribution in [0.1, 0.15) is 34.6 Å². The van der Waals surface area contributed by atoms with Gasteiger partial charge in [0.2, 0.25) is 10.0 Å². The minimum absolute atomic E-state index is 0.130. The zero-order chi connectivity index (χ0) is 22.1. The molecular formula is C20H24N4O5S. The Balaban J connectivity index is 2.09. The number of carboxylic acids is 1. The van der Waals surface area contributed by atoms with Gasteiger partial charge in [-0.3, -0.25) is 4.79 Å². The monoisotopic (exact) mass is 432 g/mol. The van der Waals surface area contributed by atoms with Crippen LogP contribution < -0.4 is 9.46 Å². The molecule has 1 heterocycles. The molecule has 0 fully saturated rings. The second-order valence-electron chi connectivity index (χ2n) is 7.23. The van der Waals surface area contributed by atoms with Crippen LogP contribution in [0.25, 0.3) is 11.0 Å². The van der Waals surface area contributed by atoms with Gasteiger partial charge in [-0.2, -0.15) is 0 Å². The summed E-state index contributed by atoms with van der Waals surface area (Å²) in [5, 5.41) is 17.7. The number of aromatic nitrogens is 3. The van der Waals surface area contributed by atoms with E-state index in [-0.39, 0.29) is 13.0 Å². The lowest BCUT2D eigenvalue weighted by molar-refractivity contribution is -0.137. The van der Waals surface area contributed by atoms with Crippen molar-refractivity contribution in [1.82, 2.24) is 19.7 Å². The summed E-state index contributed by atoms with van der Waals surface area (Å²) in [6.45, 7) is 2.01. The van der Waals surface area contributed by atoms with Crippen LogP contribution in [-0.4, -0.2) is 47.9 Å². The second kappa shape index (κ2) is 8.41. The average molecular weight is 433 g/mol. The molecule has 3 rings (SSSR count). The van der Waals surface area contributed by atoms with Crippen LogP contribution in [0.3, 0.4) is 0 Å². The van der Waals surface area contributed by atoms with Gasteiger partial charge in [0.25, 0.3) is 0 Å². The smallest absolute Gasteiger partial charge is 0.304 e. The molecule has 0 saturated carbocycles. The molecule has 30 heavy (non-hydrogen) atoms. The van der Waals surface area contributed by atoms with Crippen molar-refractivity contribution < 1.29 is 23.1 Å². The first-order chi connectivity index (χ1) is 14.1. The maximum atomic E-state index is 11.6. The summed E-state index contributed by atoms with van der Waals surface area (Å²) >= 11 is 0. The van der Waals surface area contributed by atoms with Gasteiger partial charge in [-0.05, 0) is 41.3 Å². The van der Waals surface area contributed by atoms with Gasteiger partial charge >= 0.3 is 5.97 Å². The number of aryl methyl sites for hydroxylation is 2. The van der Waals surface area contributed by atoms with E-state index in [1.165, 1.54) is 0 Å². The molecule has 3 aromatic rings. The zero-order valence-corrected chi connectivity index (χ0v) is 18.0. The van der Waals surface area contributed by atoms with Crippen LogP contribution >= 0.6 is 0 Å². The van der Waals surface area contributed by atoms with Crippen molar-refractivity contribution in [2.45, 2.75) is 25.8 Å². The van der Waals surface area contributed by atoms with Gasteiger partial charge in [0, 0.05) is 19.5 Å². The van der Waals surface area contributed by atoms with Gasteiger partial charge in [0.1, 0.15) is 16.8 Å². The van der Waals surface area contributed by atoms with Crippen molar-refractivity contribution in [2.24, 2.45) is 7.05 Å². The summed E-state index contributed by atoms with van der Waals surface area (Å²) in [5.41, 5.74) is 4.50. The number of nitrogens with zero attached hydrogens (tertiary/aromatic N) is 3. The average Bonchev–Trinajstić information content (AvgIpc) is 3.05. The van der Waals surface area contributed by atoms with E-state index in [0.29, 0.717) is 11.3 Å². The molecule has 10 heteroatoms. The van der Waals surface area contributed by atoms with Crippen molar-refractivity contribution in [3.05, 3.63) is 52.6 Å². The molecule has 9 nitrogen and oxygen atoms in total. The van der Waals surface area contributed by atoms with Crippen molar-refractivity contribution in [3.8, 4) is 5.75 Å². The Hall–Kier alpha value is -2.98. The van der Waals surface area contributed by atoms with Gasteiger partial charge < -0.3 is 9.84 Å². The second-order valence-corrected chi connectivity index (χ2v) is 9.07. The number of carboxylic acid groups (broad SMARTS) is 1. The van der Waals surface area contributed by atoms with Gasteiger partial charge in [0.05, 0.1) is 19.8 Å². The van der Waals surface area contributed by atoms with Crippen LogP contribution in [-0.2, 0) is 28.4 Å². The molecule has 1 aromatic heterocycles. The maximum absolute atomic E-state index is 11.6. The third-order valence-corrected chi connectivity index (χ3v) is 5.66. The standard InChI is InChI=1S/C20H24N4O5S/c1-12-5-6-13(7-15(12)11-21-30(4,27)28)16(10-19(25)26)14-8-17-20(18(9-14)29-3)24(2)23-22-17/h5-9,16,21H,10-11H2,1-4H3,(H,25,26). The third kappa shape index (κ3) is 4.77. The van der Waals surface area contributed by atoms with Gasteiger partial charge in [0.15, 0.2) is 0 Å². The van der Waals surface area contributed by atoms with E-state index in [1.54, 1.807) is 24.9 Å². The van der Waals surface area contributed by atoms with Crippen molar-refractivity contribution in [2.75, 3.05) is 13.4 Å². The Morgan fingerprint density at radius 1 is 1.27 bits per heavy atom. The highest BCUT2D eigenvalue weighted by molar-refractivity contribution is 7.88. The molecule has 0 amide bonds. The quantitative estimate of drug-likeness (QED) is 0.557. The van der Waals surface area contributed by atoms with Crippen LogP contribution in [0.4, 0.5) is 0 Å². The van der Waals surface area contributed by atoms with Crippen LogP contribution in [0.15, 0.2) is 30.3 Å². The lowest BCUT2D eigenvalue weighted by Gasteiger charge is -2.19. The molecule has 160 valence electrons. The predicted molar refractivity (Wildman–Crippen MR) is 112 cm³/mol. The summed E-state index contributed by atoms with van der Waals surface area (Å²) < 4.78 is 32.5. The molecule has 2 N–H and O–H groups in total. The van der Waals surface area contributed by atoms with Gasteiger partial charge in [-0.1, -0.05) is 23.4 Å². The molecule has 0 aliphatic rings. The molecule has 1 unspecified atom stereocenters. The Kier molecular flexibility index (Phi) is 6.09. The topological polar surface area (TPSA) is 123 Å². The van der Waals surface area contributed by atoms with E-state index in [1.807, 2.05) is 31.2 Å². The SMILES string of the molecule is COc1cc(C(CC(=O)O)c2ccc(C)c(CNS(C)(=O)=O)c2)cc2nnn(C)c12. The molecule has 2 aromatic carbocycles. The highest BCUT2D eigenvalue weighted by Crippen LogP contribution is 2.35. The number of aliphatic carboxylic acids is 1. The fourth-order valence-electron chi connectivity index (χ4n) is 3.44. The first-order valence-corrected chi connectivity index (χ1v) is 11.1. The Bertz CT molecular complexity index is 1200. The molecule has 0 radical (unpaired) electrons. The highest BCUT2D eigenvalue weighted by atomic mass is 32.2. The molecule has 0 aliphatic carbocycles. The minimum Gasteiger partial charge on any atom is -0.494 e. The van der Waals surface area contributed by atoms with E-state index in [4.69, 9.17) is 4.74 Å².